The molecular weight excluding hydrogens is 718 g/mol. The molecular formula is C40H56ClN3O10. The molecule has 5 atom stereocenters. The van der Waals surface area contributed by atoms with Gasteiger partial charge in [-0.3, -0.25) is 19.2 Å². The Kier molecular flexibility index (Phi) is 18.7. The molecule has 0 saturated carbocycles. The van der Waals surface area contributed by atoms with Crippen LogP contribution in [0.5, 0.6) is 5.75 Å². The number of hydrogen-bond acceptors (Lipinski definition) is 11. The molecule has 0 fully saturated rings. The van der Waals surface area contributed by atoms with Crippen molar-refractivity contribution < 1.29 is 48.0 Å². The predicted molar refractivity (Wildman–Crippen MR) is 204 cm³/mol. The zero-order valence-corrected chi connectivity index (χ0v) is 33.0. The largest absolute Gasteiger partial charge is 0.495 e. The number of aliphatic hydroxyl groups is 1. The average Bonchev–Trinajstić information content (AvgIpc) is 3.13. The molecule has 0 aromatic heterocycles. The molecule has 0 aliphatic carbocycles. The second-order valence-corrected chi connectivity index (χ2v) is 14.8. The number of benzene rings is 2. The van der Waals surface area contributed by atoms with E-state index in [4.69, 9.17) is 42.0 Å². The quantitative estimate of drug-likeness (QED) is 0.0743. The maximum Gasteiger partial charge on any atom is 0.347 e. The molecule has 13 nitrogen and oxygen atoms in total. The number of methoxy groups -OCH3 is 1. The van der Waals surface area contributed by atoms with Crippen LogP contribution in [-0.2, 0) is 51.2 Å². The van der Waals surface area contributed by atoms with E-state index in [9.17, 15) is 29.1 Å². The molecule has 54 heavy (non-hydrogen) atoms. The monoisotopic (exact) mass is 773 g/mol. The molecule has 6 N–H and O–H groups in total. The molecule has 14 heteroatoms. The highest BCUT2D eigenvalue weighted by molar-refractivity contribution is 6.32. The lowest BCUT2D eigenvalue weighted by atomic mass is 9.84. The summed E-state index contributed by atoms with van der Waals surface area (Å²) in [6.45, 7) is 10.3. The molecule has 0 bridgehead atoms. The third-order valence-electron chi connectivity index (χ3n) is 8.96. The van der Waals surface area contributed by atoms with Gasteiger partial charge in [0, 0.05) is 31.2 Å². The number of ether oxygens (including phenoxy) is 4. The van der Waals surface area contributed by atoms with Gasteiger partial charge < -0.3 is 40.8 Å². The second kappa shape index (κ2) is 22.0. The summed E-state index contributed by atoms with van der Waals surface area (Å²) in [7, 11) is 1.52. The predicted octanol–water partition coefficient (Wildman–Crippen LogP) is 4.53. The highest BCUT2D eigenvalue weighted by Gasteiger charge is 2.37. The van der Waals surface area contributed by atoms with Crippen molar-refractivity contribution in [3.8, 4) is 5.75 Å². The molecule has 0 spiro atoms. The van der Waals surface area contributed by atoms with Gasteiger partial charge >= 0.3 is 17.9 Å². The first kappa shape index (κ1) is 45.7. The van der Waals surface area contributed by atoms with E-state index in [1.807, 2.05) is 26.8 Å². The Bertz CT molecular complexity index is 1590. The normalized spacial score (nSPS) is 14.4. The summed E-state index contributed by atoms with van der Waals surface area (Å²) in [4.78, 5) is 62.7. The third kappa shape index (κ3) is 15.1. The Morgan fingerprint density at radius 3 is 2.20 bits per heavy atom. The summed E-state index contributed by atoms with van der Waals surface area (Å²) in [5.41, 5.74) is 11.8. The molecule has 298 valence electrons. The van der Waals surface area contributed by atoms with Crippen molar-refractivity contribution in [2.75, 3.05) is 20.2 Å². The van der Waals surface area contributed by atoms with E-state index in [1.165, 1.54) is 13.2 Å². The Hall–Kier alpha value is -4.46. The molecule has 2 aromatic carbocycles. The number of nitrogens with one attached hydrogen (secondary N) is 1. The lowest BCUT2D eigenvalue weighted by molar-refractivity contribution is -0.180. The zero-order valence-electron chi connectivity index (χ0n) is 32.3. The van der Waals surface area contributed by atoms with Gasteiger partial charge in [-0.2, -0.15) is 0 Å². The van der Waals surface area contributed by atoms with E-state index in [1.54, 1.807) is 57.2 Å². The molecule has 0 unspecified atom stereocenters. The number of aryl methyl sites for hydroxylation is 1. The smallest absolute Gasteiger partial charge is 0.347 e. The molecule has 0 saturated heterocycles. The minimum atomic E-state index is -1.28. The Balaban J connectivity index is 2.13. The van der Waals surface area contributed by atoms with Gasteiger partial charge in [-0.05, 0) is 67.5 Å². The molecule has 2 aromatic rings. The molecule has 0 radical (unpaired) electrons. The van der Waals surface area contributed by atoms with Gasteiger partial charge in [-0.25, -0.2) is 4.79 Å². The van der Waals surface area contributed by atoms with E-state index < -0.39 is 59.4 Å². The summed E-state index contributed by atoms with van der Waals surface area (Å²) in [6.07, 6.45) is 0.167. The van der Waals surface area contributed by atoms with Gasteiger partial charge in [0.25, 0.3) is 0 Å². The van der Waals surface area contributed by atoms with Crippen molar-refractivity contribution in [2.45, 2.75) is 98.1 Å². The number of nitrogens with two attached hydrogens (primary N) is 2. The Morgan fingerprint density at radius 2 is 1.63 bits per heavy atom. The fourth-order valence-corrected chi connectivity index (χ4v) is 5.72. The highest BCUT2D eigenvalue weighted by atomic mass is 35.5. The molecule has 0 aliphatic rings. The maximum atomic E-state index is 13.7. The van der Waals surface area contributed by atoms with Crippen molar-refractivity contribution in [1.29, 1.82) is 0 Å². The van der Waals surface area contributed by atoms with Crippen LogP contribution < -0.4 is 21.5 Å². The van der Waals surface area contributed by atoms with E-state index in [2.05, 4.69) is 5.32 Å². The number of carbonyl (C=O) groups is 5. The third-order valence-corrected chi connectivity index (χ3v) is 9.26. The van der Waals surface area contributed by atoms with Crippen molar-refractivity contribution >= 4 is 41.3 Å². The average molecular weight is 774 g/mol. The minimum Gasteiger partial charge on any atom is -0.495 e. The van der Waals surface area contributed by atoms with E-state index >= 15 is 0 Å². The first-order valence-electron chi connectivity index (χ1n) is 18.0. The van der Waals surface area contributed by atoms with Crippen LogP contribution in [0.15, 0.2) is 54.6 Å². The van der Waals surface area contributed by atoms with Crippen LogP contribution in [0.3, 0.4) is 0 Å². The fourth-order valence-electron chi connectivity index (χ4n) is 5.44. The maximum absolute atomic E-state index is 13.7. The first-order chi connectivity index (χ1) is 25.4. The number of aliphatic hydroxyl groups excluding tert-OH is 1. The van der Waals surface area contributed by atoms with Crippen molar-refractivity contribution in [3.05, 3.63) is 76.3 Å². The second-order valence-electron chi connectivity index (χ2n) is 14.4. The van der Waals surface area contributed by atoms with Crippen LogP contribution >= 0.6 is 11.6 Å². The van der Waals surface area contributed by atoms with E-state index in [0.29, 0.717) is 17.2 Å². The lowest BCUT2D eigenvalue weighted by Gasteiger charge is -2.32. The van der Waals surface area contributed by atoms with Gasteiger partial charge in [-0.1, -0.05) is 75.7 Å². The van der Waals surface area contributed by atoms with Gasteiger partial charge in [0.2, 0.25) is 11.8 Å². The summed E-state index contributed by atoms with van der Waals surface area (Å²) >= 11 is 6.19. The lowest BCUT2D eigenvalue weighted by Crippen LogP contribution is -2.44. The van der Waals surface area contributed by atoms with Crippen LogP contribution in [0.4, 0.5) is 0 Å². The summed E-state index contributed by atoms with van der Waals surface area (Å²) in [5.74, 6) is -3.61. The minimum absolute atomic E-state index is 0.0427. The number of rotatable bonds is 22. The Labute approximate surface area is 323 Å². The van der Waals surface area contributed by atoms with Crippen molar-refractivity contribution in [3.63, 3.8) is 0 Å². The van der Waals surface area contributed by atoms with Crippen molar-refractivity contribution in [2.24, 2.45) is 28.7 Å². The Morgan fingerprint density at radius 1 is 0.981 bits per heavy atom. The van der Waals surface area contributed by atoms with Gasteiger partial charge in [0.1, 0.15) is 18.5 Å². The van der Waals surface area contributed by atoms with Crippen LogP contribution in [-0.4, -0.2) is 73.3 Å². The van der Waals surface area contributed by atoms with Crippen LogP contribution in [0, 0.1) is 17.3 Å². The van der Waals surface area contributed by atoms with Crippen LogP contribution in [0.1, 0.15) is 83.4 Å². The number of halogens is 1. The summed E-state index contributed by atoms with van der Waals surface area (Å²) < 4.78 is 21.9. The van der Waals surface area contributed by atoms with Crippen LogP contribution in [0.25, 0.3) is 0 Å². The summed E-state index contributed by atoms with van der Waals surface area (Å²) in [6, 6.07) is 12.4. The number of primary amides is 1. The highest BCUT2D eigenvalue weighted by Crippen LogP contribution is 2.30. The van der Waals surface area contributed by atoms with Gasteiger partial charge in [0.05, 0.1) is 30.2 Å². The van der Waals surface area contributed by atoms with E-state index in [-0.39, 0.29) is 50.8 Å². The zero-order chi connectivity index (χ0) is 40.6. The summed E-state index contributed by atoms with van der Waals surface area (Å²) in [5, 5.41) is 14.7. The van der Waals surface area contributed by atoms with E-state index in [0.717, 1.165) is 22.8 Å². The SMILES string of the molecule is COc1ccc(CCC(=O)NCC(C)(C)C(=O)O[C@@H](CC(C)C)C(=O)O[C@@H](C/C=C/C(N)=O)[C@H](C)[C@@H](O)[C@@H](C)c2ccc(COC(=O)CN)cc2)cc1Cl. The number of carbonyl (C=O) groups excluding carboxylic acids is 5. The molecule has 2 rings (SSSR count). The number of amides is 2. The van der Waals surface area contributed by atoms with Crippen molar-refractivity contribution in [1.82, 2.24) is 5.32 Å². The molecule has 0 aliphatic heterocycles. The van der Waals surface area contributed by atoms with Gasteiger partial charge in [0.15, 0.2) is 6.10 Å². The van der Waals surface area contributed by atoms with Gasteiger partial charge in [-0.15, -0.1) is 0 Å². The number of hydrogen-bond donors (Lipinski definition) is 4. The first-order valence-corrected chi connectivity index (χ1v) is 18.3. The molecule has 2 amide bonds. The molecule has 0 heterocycles. The topological polar surface area (TPSA) is 207 Å². The number of esters is 3. The standard InChI is InChI=1S/C40H56ClN3O10/c1-24(2)19-33(54-39(50)40(5,6)23-44-35(46)18-14-27-13-17-32(51-7)30(41)20-27)38(49)53-31(9-8-10-34(43)45)26(4)37(48)25(3)29-15-11-28(12-16-29)22-52-36(47)21-42/h8,10-13,15-17,20,24-26,31,33,37,48H,9,14,18-19,21-23,42H2,1-7H3,(H2,43,45)(H,44,46)/b10-8+/t25-,26-,31-,33-,37-/m0/s1. The van der Waals surface area contributed by atoms with Crippen LogP contribution in [0.2, 0.25) is 5.02 Å². The fraction of sp³-hybridized carbons (Fsp3) is 0.525.